The lowest BCUT2D eigenvalue weighted by Crippen LogP contribution is -2.43. The lowest BCUT2D eigenvalue weighted by molar-refractivity contribution is -0.146. The summed E-state index contributed by atoms with van der Waals surface area (Å²) >= 11 is 0. The minimum atomic E-state index is -1.19. The Bertz CT molecular complexity index is 1240. The molecule has 2 heterocycles. The van der Waals surface area contributed by atoms with Gasteiger partial charge in [-0.1, -0.05) is 121 Å². The van der Waals surface area contributed by atoms with Crippen molar-refractivity contribution in [2.45, 2.75) is 23.9 Å². The molecule has 0 atom stereocenters. The molecule has 2 aliphatic heterocycles. The van der Waals surface area contributed by atoms with Gasteiger partial charge in [0.1, 0.15) is 5.41 Å². The van der Waals surface area contributed by atoms with Gasteiger partial charge in [0.05, 0.1) is 11.1 Å². The largest absolute Gasteiger partial charge is 0.331 e. The van der Waals surface area contributed by atoms with Crippen LogP contribution in [0.25, 0.3) is 0 Å². The SMILES string of the molecule is CN1C(=O)C2(CC1(c1ccccc1)c1ccccc1)CC(c1ccccc1)(c1ccccc1)N(C)C2=O. The van der Waals surface area contributed by atoms with Crippen LogP contribution in [-0.4, -0.2) is 35.7 Å². The van der Waals surface area contributed by atoms with E-state index < -0.39 is 16.5 Å². The van der Waals surface area contributed by atoms with E-state index in [1.165, 1.54) is 0 Å². The molecule has 4 nitrogen and oxygen atoms in total. The molecule has 0 aromatic heterocycles. The first-order valence-corrected chi connectivity index (χ1v) is 12.8. The number of hydrogen-bond acceptors (Lipinski definition) is 2. The van der Waals surface area contributed by atoms with E-state index in [0.29, 0.717) is 12.8 Å². The summed E-state index contributed by atoms with van der Waals surface area (Å²) in [6, 6.07) is 40.5. The molecule has 0 bridgehead atoms. The summed E-state index contributed by atoms with van der Waals surface area (Å²) in [5.74, 6) is -0.239. The Morgan fingerprint density at radius 3 is 0.946 bits per heavy atom. The topological polar surface area (TPSA) is 40.6 Å². The van der Waals surface area contributed by atoms with Crippen molar-refractivity contribution in [2.24, 2.45) is 5.41 Å². The van der Waals surface area contributed by atoms with E-state index in [0.717, 1.165) is 22.3 Å². The second kappa shape index (κ2) is 8.45. The van der Waals surface area contributed by atoms with E-state index in [2.05, 4.69) is 48.5 Å². The maximum Gasteiger partial charge on any atom is 0.239 e. The van der Waals surface area contributed by atoms with E-state index in [9.17, 15) is 9.59 Å². The number of carbonyl (C=O) groups is 2. The summed E-state index contributed by atoms with van der Waals surface area (Å²) in [4.78, 5) is 32.6. The number of carbonyl (C=O) groups excluding carboxylic acids is 2. The fraction of sp³-hybridized carbons (Fsp3) is 0.212. The fourth-order valence-corrected chi connectivity index (χ4v) is 6.93. The second-order valence-electron chi connectivity index (χ2n) is 10.3. The zero-order chi connectivity index (χ0) is 25.7. The van der Waals surface area contributed by atoms with Crippen LogP contribution in [0.5, 0.6) is 0 Å². The first-order valence-electron chi connectivity index (χ1n) is 12.8. The summed E-state index contributed by atoms with van der Waals surface area (Å²) in [7, 11) is 3.71. The van der Waals surface area contributed by atoms with Crippen LogP contribution in [0.4, 0.5) is 0 Å². The van der Waals surface area contributed by atoms with Crippen LogP contribution in [0.1, 0.15) is 35.1 Å². The number of nitrogens with zero attached hydrogens (tertiary/aromatic N) is 2. The normalized spacial score (nSPS) is 19.5. The quantitative estimate of drug-likeness (QED) is 0.353. The molecule has 37 heavy (non-hydrogen) atoms. The van der Waals surface area contributed by atoms with Crippen molar-refractivity contribution < 1.29 is 9.59 Å². The van der Waals surface area contributed by atoms with Crippen molar-refractivity contribution >= 4 is 11.8 Å². The summed E-state index contributed by atoms with van der Waals surface area (Å²) < 4.78 is 0. The third-order valence-corrected chi connectivity index (χ3v) is 8.69. The molecule has 2 aliphatic rings. The molecule has 2 amide bonds. The third-order valence-electron chi connectivity index (χ3n) is 8.69. The van der Waals surface area contributed by atoms with Crippen molar-refractivity contribution in [2.75, 3.05) is 14.1 Å². The predicted octanol–water partition coefficient (Wildman–Crippen LogP) is 5.58. The van der Waals surface area contributed by atoms with Gasteiger partial charge in [-0.2, -0.15) is 0 Å². The van der Waals surface area contributed by atoms with Crippen LogP contribution in [0.15, 0.2) is 121 Å². The fourth-order valence-electron chi connectivity index (χ4n) is 6.93. The smallest absolute Gasteiger partial charge is 0.239 e. The molecule has 0 unspecified atom stereocenters. The molecular weight excluding hydrogens is 456 g/mol. The predicted molar refractivity (Wildman–Crippen MR) is 145 cm³/mol. The molecule has 6 rings (SSSR count). The highest BCUT2D eigenvalue weighted by Crippen LogP contribution is 2.61. The molecule has 0 aliphatic carbocycles. The Kier molecular flexibility index (Phi) is 5.30. The van der Waals surface area contributed by atoms with Gasteiger partial charge in [-0.05, 0) is 22.3 Å². The van der Waals surface area contributed by atoms with Crippen molar-refractivity contribution in [3.63, 3.8) is 0 Å². The zero-order valence-electron chi connectivity index (χ0n) is 21.2. The molecule has 1 spiro atoms. The molecule has 2 saturated heterocycles. The molecule has 0 saturated carbocycles. The number of likely N-dealkylation sites (tertiary alicyclic amines) is 2. The Morgan fingerprint density at radius 1 is 0.459 bits per heavy atom. The van der Waals surface area contributed by atoms with Gasteiger partial charge in [-0.15, -0.1) is 0 Å². The lowest BCUT2D eigenvalue weighted by atomic mass is 9.69. The Morgan fingerprint density at radius 2 is 0.703 bits per heavy atom. The minimum absolute atomic E-state index is 0.120. The highest BCUT2D eigenvalue weighted by Gasteiger charge is 2.71. The Balaban J connectivity index is 1.59. The Labute approximate surface area is 218 Å². The number of benzene rings is 4. The minimum Gasteiger partial charge on any atom is -0.331 e. The van der Waals surface area contributed by atoms with Crippen molar-refractivity contribution in [1.82, 2.24) is 9.80 Å². The van der Waals surface area contributed by atoms with Crippen molar-refractivity contribution in [3.05, 3.63) is 144 Å². The molecule has 0 N–H and O–H groups in total. The van der Waals surface area contributed by atoms with Gasteiger partial charge in [0.2, 0.25) is 11.8 Å². The molecule has 4 heteroatoms. The van der Waals surface area contributed by atoms with Crippen LogP contribution in [0.2, 0.25) is 0 Å². The molecule has 4 aromatic rings. The number of hydrogen-bond donors (Lipinski definition) is 0. The van der Waals surface area contributed by atoms with Crippen molar-refractivity contribution in [3.8, 4) is 0 Å². The maximum absolute atomic E-state index is 14.5. The van der Waals surface area contributed by atoms with E-state index >= 15 is 0 Å². The van der Waals surface area contributed by atoms with Crippen LogP contribution in [0, 0.1) is 5.41 Å². The summed E-state index contributed by atoms with van der Waals surface area (Å²) in [6.45, 7) is 0. The molecular formula is C33H30N2O2. The van der Waals surface area contributed by atoms with Crippen LogP contribution < -0.4 is 0 Å². The summed E-state index contributed by atoms with van der Waals surface area (Å²) in [5, 5.41) is 0. The van der Waals surface area contributed by atoms with Gasteiger partial charge in [0, 0.05) is 26.9 Å². The first-order chi connectivity index (χ1) is 18.0. The van der Waals surface area contributed by atoms with Crippen LogP contribution in [0.3, 0.4) is 0 Å². The molecule has 4 aromatic carbocycles. The van der Waals surface area contributed by atoms with Gasteiger partial charge in [0.15, 0.2) is 0 Å². The van der Waals surface area contributed by atoms with E-state index in [-0.39, 0.29) is 11.8 Å². The number of amides is 2. The van der Waals surface area contributed by atoms with Crippen molar-refractivity contribution in [1.29, 1.82) is 0 Å². The highest BCUT2D eigenvalue weighted by molar-refractivity contribution is 6.09. The van der Waals surface area contributed by atoms with Gasteiger partial charge in [-0.25, -0.2) is 0 Å². The van der Waals surface area contributed by atoms with Crippen LogP contribution >= 0.6 is 0 Å². The monoisotopic (exact) mass is 486 g/mol. The summed E-state index contributed by atoms with van der Waals surface area (Å²) in [6.07, 6.45) is 0.766. The van der Waals surface area contributed by atoms with Gasteiger partial charge < -0.3 is 9.80 Å². The standard InChI is InChI=1S/C33H30N2O2/c1-34-29(36)31(23-32(34,25-15-7-3-8-16-25)26-17-9-4-10-18-26)24-33(35(2)30(31)37,27-19-11-5-12-20-27)28-21-13-6-14-22-28/h3-22H,23-24H2,1-2H3. The average molecular weight is 487 g/mol. The lowest BCUT2D eigenvalue weighted by Gasteiger charge is -2.37. The van der Waals surface area contributed by atoms with E-state index in [1.54, 1.807) is 0 Å². The maximum atomic E-state index is 14.5. The Hall–Kier alpha value is -4.18. The van der Waals surface area contributed by atoms with Gasteiger partial charge in [0.25, 0.3) is 0 Å². The average Bonchev–Trinajstić information content (AvgIpc) is 3.34. The third kappa shape index (κ3) is 3.08. The highest BCUT2D eigenvalue weighted by atomic mass is 16.2. The van der Waals surface area contributed by atoms with Gasteiger partial charge in [-0.3, -0.25) is 9.59 Å². The molecule has 2 fully saturated rings. The molecule has 0 radical (unpaired) electrons. The van der Waals surface area contributed by atoms with Crippen LogP contribution in [-0.2, 0) is 20.7 Å². The number of rotatable bonds is 4. The molecule has 184 valence electrons. The van der Waals surface area contributed by atoms with E-state index in [1.807, 2.05) is 96.7 Å². The van der Waals surface area contributed by atoms with Gasteiger partial charge >= 0.3 is 0 Å². The summed E-state index contributed by atoms with van der Waals surface area (Å²) in [5.41, 5.74) is 1.37. The first kappa shape index (κ1) is 23.2. The van der Waals surface area contributed by atoms with E-state index in [4.69, 9.17) is 0 Å². The zero-order valence-corrected chi connectivity index (χ0v) is 21.2. The second-order valence-corrected chi connectivity index (χ2v) is 10.3.